The van der Waals surface area contributed by atoms with E-state index in [1.54, 1.807) is 0 Å². The molecule has 1 atom stereocenters. The van der Waals surface area contributed by atoms with Crippen LogP contribution in [-0.4, -0.2) is 29.6 Å². The van der Waals surface area contributed by atoms with Crippen LogP contribution in [0.5, 0.6) is 5.75 Å². The molecule has 0 heterocycles. The van der Waals surface area contributed by atoms with Crippen molar-refractivity contribution in [1.82, 2.24) is 5.32 Å². The van der Waals surface area contributed by atoms with Crippen molar-refractivity contribution in [2.24, 2.45) is 0 Å². The van der Waals surface area contributed by atoms with Crippen molar-refractivity contribution in [2.75, 3.05) is 6.61 Å². The van der Waals surface area contributed by atoms with Gasteiger partial charge < -0.3 is 15.2 Å². The molecule has 2 N–H and O–H groups in total. The van der Waals surface area contributed by atoms with E-state index < -0.39 is 12.0 Å². The van der Waals surface area contributed by atoms with E-state index in [9.17, 15) is 9.59 Å². The molecular formula is C14H19NO4. The van der Waals surface area contributed by atoms with Gasteiger partial charge in [0.2, 0.25) is 5.91 Å². The Balaban J connectivity index is 2.38. The topological polar surface area (TPSA) is 75.6 Å². The SMILES string of the molecule is Cc1ccc(OCCC(=O)N[C@H](C)C(=O)O)c(C)c1. The van der Waals surface area contributed by atoms with Crippen LogP contribution in [0.2, 0.25) is 0 Å². The number of benzene rings is 1. The van der Waals surface area contributed by atoms with E-state index in [1.807, 2.05) is 32.0 Å². The van der Waals surface area contributed by atoms with Crippen LogP contribution in [0.1, 0.15) is 24.5 Å². The summed E-state index contributed by atoms with van der Waals surface area (Å²) in [6.07, 6.45) is 0.130. The highest BCUT2D eigenvalue weighted by Gasteiger charge is 2.13. The highest BCUT2D eigenvalue weighted by Crippen LogP contribution is 2.18. The number of rotatable bonds is 6. The van der Waals surface area contributed by atoms with E-state index >= 15 is 0 Å². The van der Waals surface area contributed by atoms with Gasteiger partial charge in [-0.1, -0.05) is 17.7 Å². The number of amides is 1. The van der Waals surface area contributed by atoms with Crippen LogP contribution in [0.4, 0.5) is 0 Å². The number of nitrogens with one attached hydrogen (secondary N) is 1. The molecule has 1 aromatic carbocycles. The van der Waals surface area contributed by atoms with Gasteiger partial charge in [0.15, 0.2) is 0 Å². The molecule has 0 saturated carbocycles. The number of carbonyl (C=O) groups is 2. The first kappa shape index (κ1) is 15.0. The summed E-state index contributed by atoms with van der Waals surface area (Å²) in [7, 11) is 0. The smallest absolute Gasteiger partial charge is 0.325 e. The van der Waals surface area contributed by atoms with Gasteiger partial charge >= 0.3 is 5.97 Å². The molecule has 5 nitrogen and oxygen atoms in total. The fourth-order valence-electron chi connectivity index (χ4n) is 1.59. The minimum Gasteiger partial charge on any atom is -0.493 e. The van der Waals surface area contributed by atoms with Crippen LogP contribution >= 0.6 is 0 Å². The lowest BCUT2D eigenvalue weighted by atomic mass is 10.1. The van der Waals surface area contributed by atoms with Crippen molar-refractivity contribution in [2.45, 2.75) is 33.2 Å². The number of aryl methyl sites for hydroxylation is 2. The summed E-state index contributed by atoms with van der Waals surface area (Å²) in [4.78, 5) is 22.0. The van der Waals surface area contributed by atoms with Crippen molar-refractivity contribution < 1.29 is 19.4 Å². The fraction of sp³-hybridized carbons (Fsp3) is 0.429. The average Bonchev–Trinajstić information content (AvgIpc) is 2.31. The van der Waals surface area contributed by atoms with Gasteiger partial charge in [-0.25, -0.2) is 0 Å². The third kappa shape index (κ3) is 4.99. The van der Waals surface area contributed by atoms with Crippen LogP contribution in [0.3, 0.4) is 0 Å². The van der Waals surface area contributed by atoms with Gasteiger partial charge in [0.05, 0.1) is 13.0 Å². The average molecular weight is 265 g/mol. The standard InChI is InChI=1S/C14H19NO4/c1-9-4-5-12(10(2)8-9)19-7-6-13(16)15-11(3)14(17)18/h4-5,8,11H,6-7H2,1-3H3,(H,15,16)(H,17,18)/t11-/m1/s1. The van der Waals surface area contributed by atoms with Crippen LogP contribution < -0.4 is 10.1 Å². The lowest BCUT2D eigenvalue weighted by molar-refractivity contribution is -0.141. The zero-order chi connectivity index (χ0) is 14.4. The summed E-state index contributed by atoms with van der Waals surface area (Å²) in [6.45, 7) is 5.58. The molecule has 0 aliphatic heterocycles. The van der Waals surface area contributed by atoms with E-state index in [1.165, 1.54) is 6.92 Å². The molecule has 1 amide bonds. The predicted molar refractivity (Wildman–Crippen MR) is 71.3 cm³/mol. The molecular weight excluding hydrogens is 246 g/mol. The zero-order valence-electron chi connectivity index (χ0n) is 11.4. The van der Waals surface area contributed by atoms with Crippen molar-refractivity contribution in [3.63, 3.8) is 0 Å². The molecule has 1 aromatic rings. The Hall–Kier alpha value is -2.04. The molecule has 0 fully saturated rings. The highest BCUT2D eigenvalue weighted by molar-refractivity contribution is 5.83. The Bertz CT molecular complexity index is 471. The molecule has 0 unspecified atom stereocenters. The fourth-order valence-corrected chi connectivity index (χ4v) is 1.59. The number of aliphatic carboxylic acids is 1. The van der Waals surface area contributed by atoms with Gasteiger partial charge in [-0.2, -0.15) is 0 Å². The summed E-state index contributed by atoms with van der Waals surface area (Å²) in [5, 5.41) is 11.0. The first-order valence-corrected chi connectivity index (χ1v) is 6.12. The third-order valence-corrected chi connectivity index (χ3v) is 2.67. The molecule has 0 saturated heterocycles. The lowest BCUT2D eigenvalue weighted by Gasteiger charge is -2.11. The van der Waals surface area contributed by atoms with E-state index in [0.29, 0.717) is 0 Å². The first-order valence-electron chi connectivity index (χ1n) is 6.12. The molecule has 1 rings (SSSR count). The Morgan fingerprint density at radius 3 is 2.63 bits per heavy atom. The zero-order valence-corrected chi connectivity index (χ0v) is 11.4. The van der Waals surface area contributed by atoms with E-state index in [2.05, 4.69) is 5.32 Å². The molecule has 19 heavy (non-hydrogen) atoms. The largest absolute Gasteiger partial charge is 0.493 e. The normalized spacial score (nSPS) is 11.7. The minimum atomic E-state index is -1.05. The molecule has 0 bridgehead atoms. The number of hydrogen-bond acceptors (Lipinski definition) is 3. The van der Waals surface area contributed by atoms with Crippen molar-refractivity contribution in [3.05, 3.63) is 29.3 Å². The Morgan fingerprint density at radius 1 is 1.37 bits per heavy atom. The second-order valence-electron chi connectivity index (χ2n) is 4.49. The number of carboxylic acids is 1. The molecule has 0 spiro atoms. The maximum Gasteiger partial charge on any atom is 0.325 e. The predicted octanol–water partition coefficient (Wildman–Crippen LogP) is 1.66. The number of carboxylic acid groups (broad SMARTS) is 1. The Kier molecular flexibility index (Phi) is 5.36. The quantitative estimate of drug-likeness (QED) is 0.820. The summed E-state index contributed by atoms with van der Waals surface area (Å²) in [5.74, 6) is -0.645. The van der Waals surface area contributed by atoms with Crippen molar-refractivity contribution in [1.29, 1.82) is 0 Å². The van der Waals surface area contributed by atoms with Gasteiger partial charge in [-0.15, -0.1) is 0 Å². The summed E-state index contributed by atoms with van der Waals surface area (Å²) in [6, 6.07) is 4.92. The molecule has 104 valence electrons. The summed E-state index contributed by atoms with van der Waals surface area (Å²) < 4.78 is 5.50. The van der Waals surface area contributed by atoms with Crippen LogP contribution in [0.15, 0.2) is 18.2 Å². The van der Waals surface area contributed by atoms with Gasteiger partial charge in [-0.05, 0) is 32.4 Å². The van der Waals surface area contributed by atoms with Crippen LogP contribution in [0, 0.1) is 13.8 Å². The molecule has 5 heteroatoms. The van der Waals surface area contributed by atoms with E-state index in [-0.39, 0.29) is 18.9 Å². The van der Waals surface area contributed by atoms with Crippen LogP contribution in [-0.2, 0) is 9.59 Å². The van der Waals surface area contributed by atoms with Crippen LogP contribution in [0.25, 0.3) is 0 Å². The minimum absolute atomic E-state index is 0.130. The highest BCUT2D eigenvalue weighted by atomic mass is 16.5. The lowest BCUT2D eigenvalue weighted by Crippen LogP contribution is -2.38. The van der Waals surface area contributed by atoms with Gasteiger partial charge in [-0.3, -0.25) is 9.59 Å². The second kappa shape index (κ2) is 6.78. The second-order valence-corrected chi connectivity index (χ2v) is 4.49. The Morgan fingerprint density at radius 2 is 2.05 bits per heavy atom. The van der Waals surface area contributed by atoms with Gasteiger partial charge in [0.25, 0.3) is 0 Å². The Labute approximate surface area is 112 Å². The van der Waals surface area contributed by atoms with E-state index in [0.717, 1.165) is 16.9 Å². The van der Waals surface area contributed by atoms with Gasteiger partial charge in [0.1, 0.15) is 11.8 Å². The van der Waals surface area contributed by atoms with E-state index in [4.69, 9.17) is 9.84 Å². The third-order valence-electron chi connectivity index (χ3n) is 2.67. The molecule has 0 aliphatic rings. The molecule has 0 aromatic heterocycles. The van der Waals surface area contributed by atoms with Gasteiger partial charge in [0, 0.05) is 0 Å². The monoisotopic (exact) mass is 265 g/mol. The molecule has 0 radical (unpaired) electrons. The maximum absolute atomic E-state index is 11.4. The number of carbonyl (C=O) groups excluding carboxylic acids is 1. The van der Waals surface area contributed by atoms with Crippen molar-refractivity contribution in [3.8, 4) is 5.75 Å². The summed E-state index contributed by atoms with van der Waals surface area (Å²) >= 11 is 0. The van der Waals surface area contributed by atoms with Crippen molar-refractivity contribution >= 4 is 11.9 Å². The molecule has 0 aliphatic carbocycles. The first-order chi connectivity index (χ1) is 8.90. The number of ether oxygens (including phenoxy) is 1. The summed E-state index contributed by atoms with van der Waals surface area (Å²) in [5.41, 5.74) is 2.16. The maximum atomic E-state index is 11.4. The number of hydrogen-bond donors (Lipinski definition) is 2.